The number of ether oxygens (including phenoxy) is 1. The lowest BCUT2D eigenvalue weighted by atomic mass is 10.0. The molecule has 0 fully saturated rings. The Balaban J connectivity index is 1.96. The van der Waals surface area contributed by atoms with E-state index in [1.807, 2.05) is 32.0 Å². The number of nitrogens with one attached hydrogen (secondary N) is 2. The van der Waals surface area contributed by atoms with Gasteiger partial charge in [0.1, 0.15) is 6.04 Å². The molecule has 2 aromatic carbocycles. The largest absolute Gasteiger partial charge is 0.454 e. The van der Waals surface area contributed by atoms with E-state index in [2.05, 4.69) is 10.6 Å². The van der Waals surface area contributed by atoms with Crippen molar-refractivity contribution in [2.45, 2.75) is 33.7 Å². The van der Waals surface area contributed by atoms with Crippen molar-refractivity contribution in [2.75, 3.05) is 11.9 Å². The minimum absolute atomic E-state index is 0.239. The molecule has 2 amide bonds. The van der Waals surface area contributed by atoms with Gasteiger partial charge in [-0.05, 0) is 55.2 Å². The SMILES string of the molecule is Cc1cc(C)cc(NC(=O)COC(=O)[C@@H](NC(=O)c2ccccc2Cl)C(C)C)c1. The second-order valence-electron chi connectivity index (χ2n) is 7.21. The molecule has 0 aliphatic carbocycles. The first-order chi connectivity index (χ1) is 13.7. The van der Waals surface area contributed by atoms with E-state index in [1.54, 1.807) is 38.1 Å². The van der Waals surface area contributed by atoms with Gasteiger partial charge in [-0.1, -0.05) is 43.6 Å². The van der Waals surface area contributed by atoms with Gasteiger partial charge in [0.2, 0.25) is 0 Å². The van der Waals surface area contributed by atoms with Crippen LogP contribution in [0.15, 0.2) is 42.5 Å². The second kappa shape index (κ2) is 10.1. The summed E-state index contributed by atoms with van der Waals surface area (Å²) in [5, 5.41) is 5.62. The summed E-state index contributed by atoms with van der Waals surface area (Å²) in [7, 11) is 0. The molecule has 0 aliphatic heterocycles. The molecule has 6 nitrogen and oxygen atoms in total. The molecule has 0 aliphatic rings. The van der Waals surface area contributed by atoms with Crippen LogP contribution in [0.1, 0.15) is 35.3 Å². The van der Waals surface area contributed by atoms with Crippen molar-refractivity contribution in [3.8, 4) is 0 Å². The van der Waals surface area contributed by atoms with Gasteiger partial charge >= 0.3 is 5.97 Å². The van der Waals surface area contributed by atoms with E-state index < -0.39 is 30.4 Å². The first-order valence-electron chi connectivity index (χ1n) is 9.27. The number of rotatable bonds is 7. The van der Waals surface area contributed by atoms with Gasteiger partial charge < -0.3 is 15.4 Å². The van der Waals surface area contributed by atoms with Gasteiger partial charge in [-0.25, -0.2) is 4.79 Å². The first-order valence-corrected chi connectivity index (χ1v) is 9.65. The van der Waals surface area contributed by atoms with Crippen molar-refractivity contribution >= 4 is 35.1 Å². The molecule has 2 aromatic rings. The maximum atomic E-state index is 12.5. The van der Waals surface area contributed by atoms with Crippen molar-refractivity contribution < 1.29 is 19.1 Å². The quantitative estimate of drug-likeness (QED) is 0.670. The summed E-state index contributed by atoms with van der Waals surface area (Å²) < 4.78 is 5.13. The number of benzene rings is 2. The third-order valence-corrected chi connectivity index (χ3v) is 4.51. The van der Waals surface area contributed by atoms with Crippen molar-refractivity contribution in [3.05, 3.63) is 64.2 Å². The van der Waals surface area contributed by atoms with E-state index >= 15 is 0 Å². The van der Waals surface area contributed by atoms with Crippen molar-refractivity contribution in [2.24, 2.45) is 5.92 Å². The summed E-state index contributed by atoms with van der Waals surface area (Å²) in [6.07, 6.45) is 0. The fourth-order valence-corrected chi connectivity index (χ4v) is 3.05. The molecule has 0 heterocycles. The van der Waals surface area contributed by atoms with Crippen molar-refractivity contribution in [3.63, 3.8) is 0 Å². The Morgan fingerprint density at radius 2 is 1.66 bits per heavy atom. The van der Waals surface area contributed by atoms with Crippen LogP contribution in [0.4, 0.5) is 5.69 Å². The number of esters is 1. The molecule has 1 atom stereocenters. The fourth-order valence-electron chi connectivity index (χ4n) is 2.83. The normalized spacial score (nSPS) is 11.7. The summed E-state index contributed by atoms with van der Waals surface area (Å²) in [6, 6.07) is 11.3. The third kappa shape index (κ3) is 6.61. The molecule has 29 heavy (non-hydrogen) atoms. The molecule has 2 rings (SSSR count). The molecule has 0 radical (unpaired) electrons. The van der Waals surface area contributed by atoms with E-state index in [4.69, 9.17) is 16.3 Å². The molecule has 0 saturated carbocycles. The van der Waals surface area contributed by atoms with Gasteiger partial charge in [-0.3, -0.25) is 9.59 Å². The van der Waals surface area contributed by atoms with Crippen LogP contribution in [0.25, 0.3) is 0 Å². The zero-order valence-electron chi connectivity index (χ0n) is 16.9. The highest BCUT2D eigenvalue weighted by molar-refractivity contribution is 6.33. The number of carbonyl (C=O) groups is 3. The Labute approximate surface area is 175 Å². The number of hydrogen-bond acceptors (Lipinski definition) is 4. The van der Waals surface area contributed by atoms with E-state index in [0.717, 1.165) is 11.1 Å². The van der Waals surface area contributed by atoms with Crippen molar-refractivity contribution in [1.82, 2.24) is 5.32 Å². The second-order valence-corrected chi connectivity index (χ2v) is 7.61. The maximum Gasteiger partial charge on any atom is 0.329 e. The Bertz CT molecular complexity index is 891. The number of amides is 2. The average Bonchev–Trinajstić information content (AvgIpc) is 2.63. The maximum absolute atomic E-state index is 12.5. The summed E-state index contributed by atoms with van der Waals surface area (Å²) in [6.45, 7) is 6.95. The summed E-state index contributed by atoms with van der Waals surface area (Å²) in [5.74, 6) is -1.86. The van der Waals surface area contributed by atoms with Gasteiger partial charge in [-0.15, -0.1) is 0 Å². The zero-order chi connectivity index (χ0) is 21.6. The number of aryl methyl sites for hydroxylation is 2. The fraction of sp³-hybridized carbons (Fsp3) is 0.318. The Kier molecular flexibility index (Phi) is 7.79. The number of halogens is 1. The molecule has 0 bridgehead atoms. The predicted molar refractivity (Wildman–Crippen MR) is 113 cm³/mol. The van der Waals surface area contributed by atoms with Crippen LogP contribution in [0.2, 0.25) is 5.02 Å². The third-order valence-electron chi connectivity index (χ3n) is 4.18. The lowest BCUT2D eigenvalue weighted by Gasteiger charge is -2.21. The van der Waals surface area contributed by atoms with Crippen molar-refractivity contribution in [1.29, 1.82) is 0 Å². The summed E-state index contributed by atoms with van der Waals surface area (Å²) in [4.78, 5) is 37.0. The molecule has 7 heteroatoms. The summed E-state index contributed by atoms with van der Waals surface area (Å²) in [5.41, 5.74) is 2.93. The van der Waals surface area contributed by atoms with E-state index in [0.29, 0.717) is 5.69 Å². The van der Waals surface area contributed by atoms with E-state index in [-0.39, 0.29) is 16.5 Å². The minimum atomic E-state index is -0.909. The van der Waals surface area contributed by atoms with E-state index in [1.165, 1.54) is 0 Å². The highest BCUT2D eigenvalue weighted by Crippen LogP contribution is 2.16. The lowest BCUT2D eigenvalue weighted by Crippen LogP contribution is -2.46. The smallest absolute Gasteiger partial charge is 0.329 e. The van der Waals surface area contributed by atoms with Gasteiger partial charge in [0.15, 0.2) is 6.61 Å². The van der Waals surface area contributed by atoms with Gasteiger partial charge in [0, 0.05) is 5.69 Å². The zero-order valence-corrected chi connectivity index (χ0v) is 17.7. The average molecular weight is 417 g/mol. The number of carbonyl (C=O) groups excluding carboxylic acids is 3. The number of anilines is 1. The minimum Gasteiger partial charge on any atom is -0.454 e. The molecule has 0 spiro atoms. The van der Waals surface area contributed by atoms with Crippen LogP contribution < -0.4 is 10.6 Å². The lowest BCUT2D eigenvalue weighted by molar-refractivity contribution is -0.150. The highest BCUT2D eigenvalue weighted by atomic mass is 35.5. The van der Waals surface area contributed by atoms with Crippen LogP contribution in [0.3, 0.4) is 0 Å². The molecule has 0 unspecified atom stereocenters. The predicted octanol–water partition coefficient (Wildman–Crippen LogP) is 3.89. The number of hydrogen-bond donors (Lipinski definition) is 2. The molecule has 2 N–H and O–H groups in total. The molecule has 0 saturated heterocycles. The van der Waals surface area contributed by atoms with Gasteiger partial charge in [0.05, 0.1) is 10.6 Å². The van der Waals surface area contributed by atoms with Gasteiger partial charge in [-0.2, -0.15) is 0 Å². The van der Waals surface area contributed by atoms with Crippen LogP contribution >= 0.6 is 11.6 Å². The molecule has 154 valence electrons. The highest BCUT2D eigenvalue weighted by Gasteiger charge is 2.27. The molecular weight excluding hydrogens is 392 g/mol. The first kappa shape index (κ1) is 22.4. The van der Waals surface area contributed by atoms with Crippen LogP contribution in [-0.2, 0) is 14.3 Å². The molecular formula is C22H25ClN2O4. The molecule has 0 aromatic heterocycles. The Hall–Kier alpha value is -2.86. The monoisotopic (exact) mass is 416 g/mol. The topological polar surface area (TPSA) is 84.5 Å². The summed E-state index contributed by atoms with van der Waals surface area (Å²) >= 11 is 6.03. The van der Waals surface area contributed by atoms with Crippen LogP contribution in [0.5, 0.6) is 0 Å². The van der Waals surface area contributed by atoms with Crippen LogP contribution in [-0.4, -0.2) is 30.4 Å². The van der Waals surface area contributed by atoms with Gasteiger partial charge in [0.25, 0.3) is 11.8 Å². The Morgan fingerprint density at radius 1 is 1.03 bits per heavy atom. The van der Waals surface area contributed by atoms with Crippen LogP contribution in [0, 0.1) is 19.8 Å². The Morgan fingerprint density at radius 3 is 2.24 bits per heavy atom. The standard InChI is InChI=1S/C22H25ClN2O4/c1-13(2)20(25-21(27)17-7-5-6-8-18(17)23)22(28)29-12-19(26)24-16-10-14(3)9-15(4)11-16/h5-11,13,20H,12H2,1-4H3,(H,24,26)(H,25,27)/t20-/m0/s1. The van der Waals surface area contributed by atoms with E-state index in [9.17, 15) is 14.4 Å².